The van der Waals surface area contributed by atoms with Crippen LogP contribution in [0, 0.1) is 0 Å². The molecular formula is C22H18FN5O4. The van der Waals surface area contributed by atoms with Crippen molar-refractivity contribution in [2.24, 2.45) is 0 Å². The van der Waals surface area contributed by atoms with Crippen LogP contribution in [-0.4, -0.2) is 51.3 Å². The highest BCUT2D eigenvalue weighted by Gasteiger charge is 2.47. The lowest BCUT2D eigenvalue weighted by atomic mass is 10.1. The molecule has 1 fully saturated rings. The van der Waals surface area contributed by atoms with Gasteiger partial charge in [-0.15, -0.1) is 0 Å². The molecule has 1 atom stereocenters. The Labute approximate surface area is 181 Å². The van der Waals surface area contributed by atoms with Crippen molar-refractivity contribution in [3.8, 4) is 28.5 Å². The van der Waals surface area contributed by atoms with E-state index >= 15 is 4.39 Å². The lowest BCUT2D eigenvalue weighted by Gasteiger charge is -2.16. The number of hydrogen-bond acceptors (Lipinski definition) is 8. The summed E-state index contributed by atoms with van der Waals surface area (Å²) in [6.07, 6.45) is 3.28. The van der Waals surface area contributed by atoms with Crippen molar-refractivity contribution < 1.29 is 23.0 Å². The van der Waals surface area contributed by atoms with E-state index in [9.17, 15) is 4.79 Å². The van der Waals surface area contributed by atoms with Crippen LogP contribution in [-0.2, 0) is 5.67 Å². The lowest BCUT2D eigenvalue weighted by Crippen LogP contribution is -2.32. The number of carbonyl (C=O) groups excluding carboxylic acids is 1. The number of amides is 1. The van der Waals surface area contributed by atoms with Crippen LogP contribution in [0.3, 0.4) is 0 Å². The van der Waals surface area contributed by atoms with Gasteiger partial charge >= 0.3 is 0 Å². The number of ether oxygens (including phenoxy) is 1. The molecule has 1 aromatic carbocycles. The minimum Gasteiger partial charge on any atom is -0.497 e. The molecule has 5 rings (SSSR count). The summed E-state index contributed by atoms with van der Waals surface area (Å²) in [5, 5.41) is 7.73. The summed E-state index contributed by atoms with van der Waals surface area (Å²) in [5.74, 6) is 0.771. The van der Waals surface area contributed by atoms with Gasteiger partial charge in [-0.05, 0) is 36.4 Å². The van der Waals surface area contributed by atoms with E-state index in [-0.39, 0.29) is 36.9 Å². The third-order valence-corrected chi connectivity index (χ3v) is 5.34. The molecule has 0 aliphatic carbocycles. The number of pyridine rings is 1. The second kappa shape index (κ2) is 7.88. The smallest absolute Gasteiger partial charge is 0.276 e. The molecule has 0 N–H and O–H groups in total. The number of alkyl halides is 1. The summed E-state index contributed by atoms with van der Waals surface area (Å²) >= 11 is 0. The number of benzene rings is 1. The van der Waals surface area contributed by atoms with Crippen molar-refractivity contribution in [2.75, 3.05) is 20.2 Å². The van der Waals surface area contributed by atoms with E-state index in [0.717, 1.165) is 0 Å². The molecule has 162 valence electrons. The van der Waals surface area contributed by atoms with Gasteiger partial charge < -0.3 is 18.7 Å². The predicted octanol–water partition coefficient (Wildman–Crippen LogP) is 3.51. The molecule has 1 aliphatic heterocycles. The Morgan fingerprint density at radius 2 is 2.00 bits per heavy atom. The first-order chi connectivity index (χ1) is 15.6. The van der Waals surface area contributed by atoms with Gasteiger partial charge in [-0.25, -0.2) is 4.39 Å². The molecular weight excluding hydrogens is 417 g/mol. The average molecular weight is 435 g/mol. The summed E-state index contributed by atoms with van der Waals surface area (Å²) in [7, 11) is 1.57. The zero-order valence-corrected chi connectivity index (χ0v) is 17.1. The molecule has 1 saturated heterocycles. The van der Waals surface area contributed by atoms with Crippen LogP contribution in [0.5, 0.6) is 5.75 Å². The van der Waals surface area contributed by atoms with Gasteiger partial charge in [0, 0.05) is 42.6 Å². The molecule has 0 radical (unpaired) electrons. The topological polar surface area (TPSA) is 107 Å². The van der Waals surface area contributed by atoms with Gasteiger partial charge in [-0.2, -0.15) is 4.98 Å². The first kappa shape index (κ1) is 19.9. The zero-order chi connectivity index (χ0) is 22.1. The zero-order valence-electron chi connectivity index (χ0n) is 17.1. The first-order valence-electron chi connectivity index (χ1n) is 9.90. The van der Waals surface area contributed by atoms with Crippen LogP contribution in [0.15, 0.2) is 63.9 Å². The van der Waals surface area contributed by atoms with Crippen LogP contribution < -0.4 is 4.74 Å². The van der Waals surface area contributed by atoms with Crippen molar-refractivity contribution in [3.63, 3.8) is 0 Å². The van der Waals surface area contributed by atoms with Crippen LogP contribution >= 0.6 is 0 Å². The largest absolute Gasteiger partial charge is 0.497 e. The predicted molar refractivity (Wildman–Crippen MR) is 109 cm³/mol. The molecule has 32 heavy (non-hydrogen) atoms. The van der Waals surface area contributed by atoms with Gasteiger partial charge in [-0.3, -0.25) is 9.78 Å². The highest BCUT2D eigenvalue weighted by molar-refractivity contribution is 5.93. The van der Waals surface area contributed by atoms with Gasteiger partial charge in [0.25, 0.3) is 11.8 Å². The van der Waals surface area contributed by atoms with E-state index in [1.807, 2.05) is 0 Å². The number of aromatic nitrogens is 4. The molecule has 1 unspecified atom stereocenters. The standard InChI is InChI=1S/C22H18FN5O4/c1-30-16-6-4-14(5-7-16)19-25-21(32-27-19)22(23)8-10-28(13-22)20(29)17-11-18(31-26-17)15-3-2-9-24-12-15/h2-7,9,11-12H,8,10,13H2,1H3. The Morgan fingerprint density at radius 1 is 1.16 bits per heavy atom. The highest BCUT2D eigenvalue weighted by Crippen LogP contribution is 2.37. The number of hydrogen-bond donors (Lipinski definition) is 0. The van der Waals surface area contributed by atoms with Crippen molar-refractivity contribution in [1.82, 2.24) is 25.2 Å². The molecule has 0 bridgehead atoms. The molecule has 1 aliphatic rings. The van der Waals surface area contributed by atoms with Gasteiger partial charge in [0.05, 0.1) is 13.7 Å². The summed E-state index contributed by atoms with van der Waals surface area (Å²) in [6, 6.07) is 12.1. The Balaban J connectivity index is 1.31. The maximum Gasteiger partial charge on any atom is 0.276 e. The fourth-order valence-electron chi connectivity index (χ4n) is 3.57. The minimum absolute atomic E-state index is 0.0380. The van der Waals surface area contributed by atoms with E-state index < -0.39 is 11.6 Å². The maximum absolute atomic E-state index is 15.6. The number of likely N-dealkylation sites (tertiary alicyclic amines) is 1. The first-order valence-corrected chi connectivity index (χ1v) is 9.90. The van der Waals surface area contributed by atoms with E-state index in [2.05, 4.69) is 20.3 Å². The van der Waals surface area contributed by atoms with Crippen molar-refractivity contribution in [3.05, 3.63) is 66.4 Å². The Kier molecular flexibility index (Phi) is 4.89. The number of methoxy groups -OCH3 is 1. The number of halogens is 1. The van der Waals surface area contributed by atoms with Gasteiger partial charge in [-0.1, -0.05) is 10.3 Å². The van der Waals surface area contributed by atoms with Crippen LogP contribution in [0.4, 0.5) is 4.39 Å². The van der Waals surface area contributed by atoms with Crippen LogP contribution in [0.25, 0.3) is 22.7 Å². The molecule has 3 aromatic heterocycles. The summed E-state index contributed by atoms with van der Waals surface area (Å²) < 4.78 is 31.2. The Bertz CT molecular complexity index is 1240. The Hall–Kier alpha value is -4.08. The SMILES string of the molecule is COc1ccc(-c2noc(C3(F)CCN(C(=O)c4cc(-c5cccnc5)on4)C3)n2)cc1. The third-order valence-electron chi connectivity index (χ3n) is 5.34. The van der Waals surface area contributed by atoms with E-state index in [1.165, 1.54) is 11.0 Å². The molecule has 0 spiro atoms. The van der Waals surface area contributed by atoms with Crippen molar-refractivity contribution in [1.29, 1.82) is 0 Å². The number of rotatable bonds is 5. The molecule has 4 aromatic rings. The maximum atomic E-state index is 15.6. The monoisotopic (exact) mass is 435 g/mol. The second-order valence-electron chi connectivity index (χ2n) is 7.41. The van der Waals surface area contributed by atoms with Gasteiger partial charge in [0.1, 0.15) is 5.75 Å². The fraction of sp³-hybridized carbons (Fsp3) is 0.227. The quantitative estimate of drug-likeness (QED) is 0.469. The third kappa shape index (κ3) is 3.59. The average Bonchev–Trinajstić information content (AvgIpc) is 3.59. The molecule has 10 heteroatoms. The summed E-state index contributed by atoms with van der Waals surface area (Å²) in [4.78, 5) is 22.4. The van der Waals surface area contributed by atoms with E-state index in [0.29, 0.717) is 22.6 Å². The normalized spacial score (nSPS) is 18.1. The van der Waals surface area contributed by atoms with E-state index in [4.69, 9.17) is 13.8 Å². The second-order valence-corrected chi connectivity index (χ2v) is 7.41. The van der Waals surface area contributed by atoms with Crippen molar-refractivity contribution in [2.45, 2.75) is 12.1 Å². The molecule has 4 heterocycles. The van der Waals surface area contributed by atoms with Crippen LogP contribution in [0.2, 0.25) is 0 Å². The fourth-order valence-corrected chi connectivity index (χ4v) is 3.57. The van der Waals surface area contributed by atoms with Crippen molar-refractivity contribution >= 4 is 5.91 Å². The molecule has 1 amide bonds. The summed E-state index contributed by atoms with van der Waals surface area (Å²) in [6.45, 7) is -0.0319. The van der Waals surface area contributed by atoms with Gasteiger partial charge in [0.2, 0.25) is 11.5 Å². The number of carbonyl (C=O) groups is 1. The minimum atomic E-state index is -1.94. The molecule has 0 saturated carbocycles. The summed E-state index contributed by atoms with van der Waals surface area (Å²) in [5.41, 5.74) is -0.487. The number of nitrogens with zero attached hydrogens (tertiary/aromatic N) is 5. The van der Waals surface area contributed by atoms with Crippen LogP contribution in [0.1, 0.15) is 22.8 Å². The molecule has 9 nitrogen and oxygen atoms in total. The van der Waals surface area contributed by atoms with E-state index in [1.54, 1.807) is 55.9 Å². The highest BCUT2D eigenvalue weighted by atomic mass is 19.1. The lowest BCUT2D eigenvalue weighted by molar-refractivity contribution is 0.0707. The van der Waals surface area contributed by atoms with Gasteiger partial charge in [0.15, 0.2) is 11.5 Å². The Morgan fingerprint density at radius 3 is 2.75 bits per heavy atom.